The third kappa shape index (κ3) is 7.36. The Kier molecular flexibility index (Phi) is 9.13. The average molecular weight is 383 g/mol. The summed E-state index contributed by atoms with van der Waals surface area (Å²) in [5.41, 5.74) is 1.65. The van der Waals surface area contributed by atoms with Crippen molar-refractivity contribution >= 4 is 21.6 Å². The van der Waals surface area contributed by atoms with Crippen LogP contribution in [-0.4, -0.2) is 33.7 Å². The van der Waals surface area contributed by atoms with Gasteiger partial charge in [0.05, 0.1) is 11.9 Å². The Morgan fingerprint density at radius 1 is 1.15 bits per heavy atom. The zero-order valence-corrected chi connectivity index (χ0v) is 17.6. The van der Waals surface area contributed by atoms with E-state index in [2.05, 4.69) is 33.0 Å². The van der Waals surface area contributed by atoms with Gasteiger partial charge in [-0.15, -0.1) is 0 Å². The second-order valence-electron chi connectivity index (χ2n) is 7.24. The van der Waals surface area contributed by atoms with E-state index in [0.717, 1.165) is 37.5 Å². The van der Waals surface area contributed by atoms with E-state index in [1.54, 1.807) is 12.1 Å². The molecule has 0 fully saturated rings. The Hall–Kier alpha value is -1.56. The molecule has 1 rings (SSSR count). The van der Waals surface area contributed by atoms with Crippen molar-refractivity contribution in [2.75, 3.05) is 23.7 Å². The molecular formula is C20H34N2O3S. The lowest BCUT2D eigenvalue weighted by molar-refractivity contribution is -0.119. The predicted molar refractivity (Wildman–Crippen MR) is 109 cm³/mol. The normalized spacial score (nSPS) is 12.8. The number of nitrogens with one attached hydrogen (secondary N) is 1. The summed E-state index contributed by atoms with van der Waals surface area (Å²) in [6.07, 6.45) is 5.50. The monoisotopic (exact) mass is 382 g/mol. The second-order valence-corrected chi connectivity index (χ2v) is 9.14. The fraction of sp³-hybridized carbons (Fsp3) is 0.650. The van der Waals surface area contributed by atoms with Crippen LogP contribution in [0.5, 0.6) is 0 Å². The van der Waals surface area contributed by atoms with E-state index in [1.807, 2.05) is 12.1 Å². The van der Waals surface area contributed by atoms with Crippen molar-refractivity contribution in [1.82, 2.24) is 5.32 Å². The smallest absolute Gasteiger partial charge is 0.240 e. The van der Waals surface area contributed by atoms with Crippen LogP contribution in [0.25, 0.3) is 0 Å². The van der Waals surface area contributed by atoms with Gasteiger partial charge in [0.25, 0.3) is 0 Å². The zero-order valence-electron chi connectivity index (χ0n) is 16.8. The van der Waals surface area contributed by atoms with Crippen LogP contribution >= 0.6 is 0 Å². The van der Waals surface area contributed by atoms with Crippen molar-refractivity contribution in [3.8, 4) is 0 Å². The van der Waals surface area contributed by atoms with E-state index >= 15 is 0 Å². The van der Waals surface area contributed by atoms with E-state index in [1.165, 1.54) is 4.31 Å². The molecule has 5 nitrogen and oxygen atoms in total. The first-order chi connectivity index (χ1) is 12.2. The highest BCUT2D eigenvalue weighted by molar-refractivity contribution is 7.92. The standard InChI is InChI=1S/C20H34N2O3S/c1-6-8-9-17(7-2)14-21-20(23)15-22(26(5,24)25)19-12-10-18(11-13-19)16(3)4/h10-13,16-17H,6-9,14-15H2,1-5H3,(H,21,23). The molecule has 6 heteroatoms. The number of sulfonamides is 1. The molecule has 1 amide bonds. The fourth-order valence-electron chi connectivity index (χ4n) is 2.81. The zero-order chi connectivity index (χ0) is 19.7. The number of nitrogens with zero attached hydrogens (tertiary/aromatic N) is 1. The molecule has 1 N–H and O–H groups in total. The van der Waals surface area contributed by atoms with E-state index in [-0.39, 0.29) is 12.5 Å². The van der Waals surface area contributed by atoms with Crippen LogP contribution in [-0.2, 0) is 14.8 Å². The van der Waals surface area contributed by atoms with Crippen molar-refractivity contribution in [3.05, 3.63) is 29.8 Å². The minimum Gasteiger partial charge on any atom is -0.354 e. The van der Waals surface area contributed by atoms with Crippen LogP contribution in [0.2, 0.25) is 0 Å². The highest BCUT2D eigenvalue weighted by atomic mass is 32.2. The number of unbranched alkanes of at least 4 members (excludes halogenated alkanes) is 1. The summed E-state index contributed by atoms with van der Waals surface area (Å²) in [5, 5.41) is 2.90. The van der Waals surface area contributed by atoms with Gasteiger partial charge in [0.15, 0.2) is 0 Å². The SMILES string of the molecule is CCCCC(CC)CNC(=O)CN(c1ccc(C(C)C)cc1)S(C)(=O)=O. The molecule has 26 heavy (non-hydrogen) atoms. The first-order valence-electron chi connectivity index (χ1n) is 9.53. The van der Waals surface area contributed by atoms with Gasteiger partial charge in [-0.25, -0.2) is 8.42 Å². The minimum atomic E-state index is -3.53. The number of rotatable bonds is 11. The van der Waals surface area contributed by atoms with Crippen molar-refractivity contribution in [3.63, 3.8) is 0 Å². The molecule has 0 aliphatic heterocycles. The molecule has 0 aromatic heterocycles. The van der Waals surface area contributed by atoms with Gasteiger partial charge in [-0.3, -0.25) is 9.10 Å². The Balaban J connectivity index is 2.77. The maximum atomic E-state index is 12.3. The molecule has 1 aromatic rings. The molecule has 0 spiro atoms. The number of amides is 1. The summed E-state index contributed by atoms with van der Waals surface area (Å²) in [4.78, 5) is 12.3. The van der Waals surface area contributed by atoms with E-state index in [9.17, 15) is 13.2 Å². The molecule has 0 heterocycles. The number of anilines is 1. The lowest BCUT2D eigenvalue weighted by atomic mass is 9.99. The molecule has 1 unspecified atom stereocenters. The predicted octanol–water partition coefficient (Wildman–Crippen LogP) is 3.91. The van der Waals surface area contributed by atoms with Crippen molar-refractivity contribution in [2.45, 2.75) is 59.3 Å². The minimum absolute atomic E-state index is 0.190. The quantitative estimate of drug-likeness (QED) is 0.631. The summed E-state index contributed by atoms with van der Waals surface area (Å²) >= 11 is 0. The van der Waals surface area contributed by atoms with Crippen molar-refractivity contribution in [2.24, 2.45) is 5.92 Å². The first-order valence-corrected chi connectivity index (χ1v) is 11.4. The van der Waals surface area contributed by atoms with Crippen molar-refractivity contribution in [1.29, 1.82) is 0 Å². The summed E-state index contributed by atoms with van der Waals surface area (Å²) in [7, 11) is -3.53. The largest absolute Gasteiger partial charge is 0.354 e. The molecule has 0 bridgehead atoms. The van der Waals surface area contributed by atoms with Gasteiger partial charge < -0.3 is 5.32 Å². The summed E-state index contributed by atoms with van der Waals surface area (Å²) in [5.74, 6) is 0.544. The molecule has 0 radical (unpaired) electrons. The molecule has 0 aliphatic rings. The first kappa shape index (κ1) is 22.5. The van der Waals surface area contributed by atoms with E-state index < -0.39 is 10.0 Å². The van der Waals surface area contributed by atoms with Crippen LogP contribution in [0.15, 0.2) is 24.3 Å². The molecule has 148 valence electrons. The van der Waals surface area contributed by atoms with Gasteiger partial charge in [-0.2, -0.15) is 0 Å². The fourth-order valence-corrected chi connectivity index (χ4v) is 3.67. The van der Waals surface area contributed by atoms with E-state index in [0.29, 0.717) is 24.1 Å². The maximum absolute atomic E-state index is 12.3. The molecule has 0 aliphatic carbocycles. The Morgan fingerprint density at radius 2 is 1.77 bits per heavy atom. The second kappa shape index (κ2) is 10.6. The van der Waals surface area contributed by atoms with Crippen LogP contribution in [0.3, 0.4) is 0 Å². The number of hydrogen-bond donors (Lipinski definition) is 1. The van der Waals surface area contributed by atoms with Gasteiger partial charge >= 0.3 is 0 Å². The van der Waals surface area contributed by atoms with E-state index in [4.69, 9.17) is 0 Å². The number of benzene rings is 1. The third-order valence-corrected chi connectivity index (χ3v) is 5.81. The number of carbonyl (C=O) groups excluding carboxylic acids is 1. The van der Waals surface area contributed by atoms with Gasteiger partial charge in [0, 0.05) is 6.54 Å². The molecule has 1 aromatic carbocycles. The number of carbonyl (C=O) groups is 1. The van der Waals surface area contributed by atoms with Crippen LogP contribution in [0, 0.1) is 5.92 Å². The maximum Gasteiger partial charge on any atom is 0.240 e. The molecule has 1 atom stereocenters. The molecule has 0 saturated heterocycles. The lowest BCUT2D eigenvalue weighted by Crippen LogP contribution is -2.41. The topological polar surface area (TPSA) is 66.5 Å². The van der Waals surface area contributed by atoms with Crippen LogP contribution in [0.4, 0.5) is 5.69 Å². The highest BCUT2D eigenvalue weighted by Gasteiger charge is 2.21. The van der Waals surface area contributed by atoms with Gasteiger partial charge in [-0.05, 0) is 36.0 Å². The van der Waals surface area contributed by atoms with Crippen LogP contribution < -0.4 is 9.62 Å². The Bertz CT molecular complexity index is 654. The molecular weight excluding hydrogens is 348 g/mol. The molecule has 0 saturated carbocycles. The summed E-state index contributed by atoms with van der Waals surface area (Å²) in [6.45, 7) is 8.84. The van der Waals surface area contributed by atoms with Gasteiger partial charge in [0.1, 0.15) is 6.54 Å². The average Bonchev–Trinajstić information content (AvgIpc) is 2.59. The highest BCUT2D eigenvalue weighted by Crippen LogP contribution is 2.22. The lowest BCUT2D eigenvalue weighted by Gasteiger charge is -2.23. The van der Waals surface area contributed by atoms with Crippen molar-refractivity contribution < 1.29 is 13.2 Å². The Morgan fingerprint density at radius 3 is 2.23 bits per heavy atom. The Labute approximate surface area is 159 Å². The summed E-state index contributed by atoms with van der Waals surface area (Å²) < 4.78 is 25.5. The number of hydrogen-bond acceptors (Lipinski definition) is 3. The van der Waals surface area contributed by atoms with Gasteiger partial charge in [0.2, 0.25) is 15.9 Å². The van der Waals surface area contributed by atoms with Gasteiger partial charge in [-0.1, -0.05) is 59.1 Å². The van der Waals surface area contributed by atoms with Crippen LogP contribution in [0.1, 0.15) is 64.9 Å². The summed E-state index contributed by atoms with van der Waals surface area (Å²) in [6, 6.07) is 7.35. The third-order valence-electron chi connectivity index (χ3n) is 4.67.